The molecule has 198 valence electrons. The van der Waals surface area contributed by atoms with E-state index in [-0.39, 0.29) is 43.8 Å². The van der Waals surface area contributed by atoms with Gasteiger partial charge in [0.2, 0.25) is 21.8 Å². The zero-order chi connectivity index (χ0) is 26.9. The number of carbonyl (C=O) groups is 2. The summed E-state index contributed by atoms with van der Waals surface area (Å²) in [6, 6.07) is 13.2. The van der Waals surface area contributed by atoms with Gasteiger partial charge < -0.3 is 15.0 Å². The first-order valence-electron chi connectivity index (χ1n) is 11.9. The molecule has 10 heteroatoms. The number of nitrogens with zero attached hydrogens (tertiary/aromatic N) is 2. The molecule has 0 saturated heterocycles. The number of rotatable bonds is 13. The smallest absolute Gasteiger partial charge is 0.242 e. The maximum Gasteiger partial charge on any atom is 0.242 e. The summed E-state index contributed by atoms with van der Waals surface area (Å²) in [6.45, 7) is 5.93. The van der Waals surface area contributed by atoms with Gasteiger partial charge >= 0.3 is 0 Å². The van der Waals surface area contributed by atoms with Crippen LogP contribution in [0.25, 0.3) is 0 Å². The summed E-state index contributed by atoms with van der Waals surface area (Å²) < 4.78 is 31.2. The maximum absolute atomic E-state index is 13.3. The number of anilines is 1. The van der Waals surface area contributed by atoms with Crippen molar-refractivity contribution in [1.29, 1.82) is 0 Å². The van der Waals surface area contributed by atoms with Gasteiger partial charge in [0.1, 0.15) is 11.8 Å². The first-order valence-corrected chi connectivity index (χ1v) is 14.1. The largest absolute Gasteiger partial charge is 0.497 e. The van der Waals surface area contributed by atoms with Crippen molar-refractivity contribution in [3.8, 4) is 5.75 Å². The highest BCUT2D eigenvalue weighted by Gasteiger charge is 2.27. The molecule has 0 radical (unpaired) electrons. The van der Waals surface area contributed by atoms with Crippen molar-refractivity contribution in [3.63, 3.8) is 0 Å². The lowest BCUT2D eigenvalue weighted by Crippen LogP contribution is -2.49. The van der Waals surface area contributed by atoms with Gasteiger partial charge in [-0.25, -0.2) is 8.42 Å². The minimum absolute atomic E-state index is 0.0149. The normalized spacial score (nSPS) is 12.9. The Labute approximate surface area is 219 Å². The molecule has 0 aromatic heterocycles. The molecule has 8 nitrogen and oxygen atoms in total. The Morgan fingerprint density at radius 3 is 2.33 bits per heavy atom. The maximum atomic E-state index is 13.3. The zero-order valence-corrected chi connectivity index (χ0v) is 23.1. The number of halogens is 1. The molecular weight excluding hydrogens is 502 g/mol. The van der Waals surface area contributed by atoms with Crippen LogP contribution >= 0.6 is 11.6 Å². The van der Waals surface area contributed by atoms with Gasteiger partial charge in [0, 0.05) is 30.6 Å². The highest BCUT2D eigenvalue weighted by atomic mass is 35.5. The van der Waals surface area contributed by atoms with Gasteiger partial charge in [-0.1, -0.05) is 36.7 Å². The summed E-state index contributed by atoms with van der Waals surface area (Å²) >= 11 is 6.04. The number of sulfonamides is 1. The van der Waals surface area contributed by atoms with Crippen LogP contribution in [-0.4, -0.2) is 57.1 Å². The lowest BCUT2D eigenvalue weighted by Gasteiger charge is -2.30. The van der Waals surface area contributed by atoms with E-state index in [0.29, 0.717) is 16.5 Å². The molecule has 0 unspecified atom stereocenters. The fourth-order valence-corrected chi connectivity index (χ4v) is 4.75. The predicted octanol–water partition coefficient (Wildman–Crippen LogP) is 4.23. The number of amides is 2. The van der Waals surface area contributed by atoms with E-state index < -0.39 is 16.1 Å². The average Bonchev–Trinajstić information content (AvgIpc) is 2.84. The van der Waals surface area contributed by atoms with Crippen LogP contribution in [0, 0.1) is 0 Å². The third kappa shape index (κ3) is 8.71. The number of ether oxygens (including phenoxy) is 1. The number of carbonyl (C=O) groups excluding carboxylic acids is 2. The second-order valence-corrected chi connectivity index (χ2v) is 11.1. The van der Waals surface area contributed by atoms with E-state index in [9.17, 15) is 18.0 Å². The molecule has 2 amide bonds. The molecule has 0 bridgehead atoms. The Balaban J connectivity index is 2.18. The first kappa shape index (κ1) is 29.5. The standard InChI is InChI=1S/C26H36ClN3O5S/c1-6-19(2)28-26(32)20(3)29(18-21-12-14-24(35-4)15-13-21)25(31)11-8-16-30(36(5,33)34)23-10-7-9-22(27)17-23/h7,9-10,12-15,17,19-20H,6,8,11,16,18H2,1-5H3,(H,28,32)/t19-,20-/m1/s1. The topological polar surface area (TPSA) is 96.0 Å². The van der Waals surface area contributed by atoms with E-state index in [4.69, 9.17) is 16.3 Å². The van der Waals surface area contributed by atoms with Crippen molar-refractivity contribution in [2.45, 2.75) is 58.7 Å². The van der Waals surface area contributed by atoms with Crippen LogP contribution in [0.15, 0.2) is 48.5 Å². The molecule has 2 aromatic rings. The van der Waals surface area contributed by atoms with Crippen molar-refractivity contribution < 1.29 is 22.7 Å². The molecule has 2 rings (SSSR count). The van der Waals surface area contributed by atoms with E-state index in [0.717, 1.165) is 18.2 Å². The van der Waals surface area contributed by atoms with E-state index in [2.05, 4.69) is 5.32 Å². The molecule has 0 aliphatic rings. The summed E-state index contributed by atoms with van der Waals surface area (Å²) in [5.41, 5.74) is 1.29. The summed E-state index contributed by atoms with van der Waals surface area (Å²) in [4.78, 5) is 27.7. The quantitative estimate of drug-likeness (QED) is 0.412. The van der Waals surface area contributed by atoms with Crippen molar-refractivity contribution >= 4 is 39.1 Å². The SMILES string of the molecule is CC[C@@H](C)NC(=O)[C@@H](C)N(Cc1ccc(OC)cc1)C(=O)CCCN(c1cccc(Cl)c1)S(C)(=O)=O. The van der Waals surface area contributed by atoms with E-state index in [1.807, 2.05) is 26.0 Å². The van der Waals surface area contributed by atoms with Crippen LogP contribution in [0.1, 0.15) is 45.6 Å². The minimum Gasteiger partial charge on any atom is -0.497 e. The summed E-state index contributed by atoms with van der Waals surface area (Å²) in [6.07, 6.45) is 2.24. The van der Waals surface area contributed by atoms with Gasteiger partial charge in [-0.3, -0.25) is 13.9 Å². The van der Waals surface area contributed by atoms with Gasteiger partial charge in [-0.2, -0.15) is 0 Å². The van der Waals surface area contributed by atoms with Gasteiger partial charge in [-0.05, 0) is 62.6 Å². The van der Waals surface area contributed by atoms with Crippen molar-refractivity contribution in [2.24, 2.45) is 0 Å². The molecular formula is C26H36ClN3O5S. The molecule has 2 aromatic carbocycles. The Morgan fingerprint density at radius 1 is 1.11 bits per heavy atom. The zero-order valence-electron chi connectivity index (χ0n) is 21.5. The highest BCUT2D eigenvalue weighted by Crippen LogP contribution is 2.23. The third-order valence-electron chi connectivity index (χ3n) is 5.93. The Hall–Kier alpha value is -2.78. The van der Waals surface area contributed by atoms with Crippen molar-refractivity contribution in [1.82, 2.24) is 10.2 Å². The van der Waals surface area contributed by atoms with Crippen LogP contribution in [0.5, 0.6) is 5.75 Å². The second kappa shape index (κ2) is 13.5. The Kier molecular flexibility index (Phi) is 11.0. The van der Waals surface area contributed by atoms with Crippen LogP contribution < -0.4 is 14.4 Å². The summed E-state index contributed by atoms with van der Waals surface area (Å²) in [5.74, 6) is 0.223. The number of nitrogens with one attached hydrogen (secondary N) is 1. The average molecular weight is 538 g/mol. The molecule has 0 aliphatic heterocycles. The van der Waals surface area contributed by atoms with Gasteiger partial charge in [0.25, 0.3) is 0 Å². The predicted molar refractivity (Wildman–Crippen MR) is 144 cm³/mol. The third-order valence-corrected chi connectivity index (χ3v) is 7.36. The van der Waals surface area contributed by atoms with Gasteiger partial charge in [0.15, 0.2) is 0 Å². The molecule has 0 saturated carbocycles. The number of benzene rings is 2. The molecule has 36 heavy (non-hydrogen) atoms. The fraction of sp³-hybridized carbons (Fsp3) is 0.462. The highest BCUT2D eigenvalue weighted by molar-refractivity contribution is 7.92. The van der Waals surface area contributed by atoms with E-state index >= 15 is 0 Å². The summed E-state index contributed by atoms with van der Waals surface area (Å²) in [5, 5.41) is 3.36. The van der Waals surface area contributed by atoms with Crippen LogP contribution in [0.2, 0.25) is 5.02 Å². The van der Waals surface area contributed by atoms with E-state index in [1.54, 1.807) is 50.4 Å². The fourth-order valence-electron chi connectivity index (χ4n) is 3.61. The molecule has 0 aliphatic carbocycles. The lowest BCUT2D eigenvalue weighted by molar-refractivity contribution is -0.140. The van der Waals surface area contributed by atoms with Crippen LogP contribution in [0.3, 0.4) is 0 Å². The Bertz CT molecular complexity index is 1120. The molecule has 2 atom stereocenters. The van der Waals surface area contributed by atoms with Crippen LogP contribution in [-0.2, 0) is 26.2 Å². The van der Waals surface area contributed by atoms with Crippen LogP contribution in [0.4, 0.5) is 5.69 Å². The minimum atomic E-state index is -3.58. The van der Waals surface area contributed by atoms with E-state index in [1.165, 1.54) is 9.21 Å². The van der Waals surface area contributed by atoms with Crippen molar-refractivity contribution in [3.05, 3.63) is 59.1 Å². The van der Waals surface area contributed by atoms with Crippen molar-refractivity contribution in [2.75, 3.05) is 24.2 Å². The number of methoxy groups -OCH3 is 1. The molecule has 0 spiro atoms. The molecule has 1 N–H and O–H groups in total. The Morgan fingerprint density at radius 2 is 1.78 bits per heavy atom. The monoisotopic (exact) mass is 537 g/mol. The van der Waals surface area contributed by atoms with Gasteiger partial charge in [-0.15, -0.1) is 0 Å². The number of hydrogen-bond donors (Lipinski definition) is 1. The number of hydrogen-bond acceptors (Lipinski definition) is 5. The summed E-state index contributed by atoms with van der Waals surface area (Å²) in [7, 11) is -2.00. The lowest BCUT2D eigenvalue weighted by atomic mass is 10.1. The molecule has 0 fully saturated rings. The second-order valence-electron chi connectivity index (χ2n) is 8.78. The first-order chi connectivity index (χ1) is 17.0. The molecule has 0 heterocycles. The van der Waals surface area contributed by atoms with Gasteiger partial charge in [0.05, 0.1) is 19.1 Å².